The maximum atomic E-state index is 11.8. The normalized spacial score (nSPS) is 16.1. The number of ether oxygens (including phenoxy) is 3. The van der Waals surface area contributed by atoms with Crippen LogP contribution in [0.1, 0.15) is 39.2 Å². The van der Waals surface area contributed by atoms with Gasteiger partial charge in [0.1, 0.15) is 17.1 Å². The van der Waals surface area contributed by atoms with Crippen molar-refractivity contribution in [2.24, 2.45) is 5.92 Å². The van der Waals surface area contributed by atoms with Crippen LogP contribution < -0.4 is 14.8 Å². The minimum atomic E-state index is -0.462. The van der Waals surface area contributed by atoms with Gasteiger partial charge in [0, 0.05) is 17.6 Å². The van der Waals surface area contributed by atoms with Gasteiger partial charge >= 0.3 is 6.09 Å². The summed E-state index contributed by atoms with van der Waals surface area (Å²) in [5, 5.41) is 2.89. The third-order valence-corrected chi connectivity index (χ3v) is 5.05. The Bertz CT molecular complexity index is 612. The minimum Gasteiger partial charge on any atom is -0.496 e. The van der Waals surface area contributed by atoms with E-state index in [4.69, 9.17) is 14.2 Å². The Labute approximate surface area is 170 Å². The molecule has 1 aromatic carbocycles. The number of hydrogen-bond donors (Lipinski definition) is 1. The van der Waals surface area contributed by atoms with Gasteiger partial charge in [-0.2, -0.15) is 0 Å². The maximum absolute atomic E-state index is 11.8. The largest absolute Gasteiger partial charge is 0.496 e. The molecule has 2 rings (SSSR count). The zero-order chi connectivity index (χ0) is 20.0. The Balaban J connectivity index is 1.85. The van der Waals surface area contributed by atoms with Gasteiger partial charge in [0.2, 0.25) is 0 Å². The molecule has 152 valence electrons. The molecule has 0 aromatic heterocycles. The third-order valence-electron chi connectivity index (χ3n) is 4.60. The number of methoxy groups -OCH3 is 2. The Morgan fingerprint density at radius 3 is 2.22 bits per heavy atom. The molecule has 1 amide bonds. The van der Waals surface area contributed by atoms with Crippen molar-refractivity contribution in [3.63, 3.8) is 0 Å². The second-order valence-electron chi connectivity index (χ2n) is 7.89. The number of piperidine rings is 1. The molecule has 1 heterocycles. The van der Waals surface area contributed by atoms with E-state index in [9.17, 15) is 4.79 Å². The van der Waals surface area contributed by atoms with E-state index in [-0.39, 0.29) is 6.09 Å². The Hall–Kier alpha value is -1.47. The standard InChI is InChI=1S/C20H31BrN2O4/c1-20(2,3)27-19(24)22-12-14-6-8-23(9-7-14)13-16-17(25-4)10-15(21)11-18(16)26-5/h10-11,14H,6-9,12-13H2,1-5H3,(H,22,24). The van der Waals surface area contributed by atoms with Crippen molar-refractivity contribution in [3.05, 3.63) is 22.2 Å². The van der Waals surface area contributed by atoms with Crippen molar-refractivity contribution < 1.29 is 19.0 Å². The van der Waals surface area contributed by atoms with E-state index in [0.717, 1.165) is 54.0 Å². The fourth-order valence-corrected chi connectivity index (χ4v) is 3.64. The van der Waals surface area contributed by atoms with E-state index < -0.39 is 5.60 Å². The lowest BCUT2D eigenvalue weighted by atomic mass is 9.96. The predicted octanol–water partition coefficient (Wildman–Crippen LogP) is 4.20. The number of rotatable bonds is 6. The average Bonchev–Trinajstić information content (AvgIpc) is 2.60. The van der Waals surface area contributed by atoms with Crippen molar-refractivity contribution in [1.82, 2.24) is 10.2 Å². The first-order valence-electron chi connectivity index (χ1n) is 9.31. The number of hydrogen-bond acceptors (Lipinski definition) is 5. The highest BCUT2D eigenvalue weighted by Crippen LogP contribution is 2.34. The average molecular weight is 443 g/mol. The SMILES string of the molecule is COc1cc(Br)cc(OC)c1CN1CCC(CNC(=O)OC(C)(C)C)CC1. The highest BCUT2D eigenvalue weighted by molar-refractivity contribution is 9.10. The fourth-order valence-electron chi connectivity index (χ4n) is 3.22. The number of amides is 1. The molecule has 27 heavy (non-hydrogen) atoms. The smallest absolute Gasteiger partial charge is 0.407 e. The Morgan fingerprint density at radius 1 is 1.19 bits per heavy atom. The van der Waals surface area contributed by atoms with E-state index >= 15 is 0 Å². The van der Waals surface area contributed by atoms with Gasteiger partial charge in [-0.15, -0.1) is 0 Å². The molecular weight excluding hydrogens is 412 g/mol. The Kier molecular flexibility index (Phi) is 7.79. The Morgan fingerprint density at radius 2 is 1.74 bits per heavy atom. The molecule has 6 nitrogen and oxygen atoms in total. The molecule has 1 aliphatic heterocycles. The van der Waals surface area contributed by atoms with Crippen LogP contribution in [0.3, 0.4) is 0 Å². The number of nitrogens with zero attached hydrogens (tertiary/aromatic N) is 1. The number of likely N-dealkylation sites (tertiary alicyclic amines) is 1. The first kappa shape index (κ1) is 21.8. The molecule has 0 radical (unpaired) electrons. The van der Waals surface area contributed by atoms with Crippen molar-refractivity contribution in [2.75, 3.05) is 33.9 Å². The molecule has 0 bridgehead atoms. The quantitative estimate of drug-likeness (QED) is 0.714. The minimum absolute atomic E-state index is 0.339. The molecule has 0 unspecified atom stereocenters. The van der Waals surface area contributed by atoms with Gasteiger partial charge in [0.25, 0.3) is 0 Å². The summed E-state index contributed by atoms with van der Waals surface area (Å²) in [4.78, 5) is 14.2. The monoisotopic (exact) mass is 442 g/mol. The summed E-state index contributed by atoms with van der Waals surface area (Å²) in [7, 11) is 3.36. The van der Waals surface area contributed by atoms with Crippen LogP contribution in [0.4, 0.5) is 4.79 Å². The van der Waals surface area contributed by atoms with Gasteiger partial charge in [0.05, 0.1) is 19.8 Å². The topological polar surface area (TPSA) is 60.0 Å². The lowest BCUT2D eigenvalue weighted by molar-refractivity contribution is 0.0509. The van der Waals surface area contributed by atoms with Gasteiger partial charge in [-0.3, -0.25) is 4.90 Å². The maximum Gasteiger partial charge on any atom is 0.407 e. The van der Waals surface area contributed by atoms with Crippen LogP contribution in [-0.2, 0) is 11.3 Å². The van der Waals surface area contributed by atoms with Gasteiger partial charge in [-0.05, 0) is 64.8 Å². The van der Waals surface area contributed by atoms with E-state index in [1.807, 2.05) is 32.9 Å². The first-order valence-corrected chi connectivity index (χ1v) is 10.1. The predicted molar refractivity (Wildman–Crippen MR) is 109 cm³/mol. The lowest BCUT2D eigenvalue weighted by Crippen LogP contribution is -2.40. The van der Waals surface area contributed by atoms with Crippen molar-refractivity contribution >= 4 is 22.0 Å². The molecule has 1 aliphatic rings. The zero-order valence-electron chi connectivity index (χ0n) is 16.9. The van der Waals surface area contributed by atoms with Gasteiger partial charge in [-0.25, -0.2) is 4.79 Å². The van der Waals surface area contributed by atoms with Gasteiger partial charge in [0.15, 0.2) is 0 Å². The van der Waals surface area contributed by atoms with Gasteiger partial charge < -0.3 is 19.5 Å². The highest BCUT2D eigenvalue weighted by Gasteiger charge is 2.23. The van der Waals surface area contributed by atoms with E-state index in [1.54, 1.807) is 14.2 Å². The van der Waals surface area contributed by atoms with Crippen molar-refractivity contribution in [1.29, 1.82) is 0 Å². The number of nitrogens with one attached hydrogen (secondary N) is 1. The lowest BCUT2D eigenvalue weighted by Gasteiger charge is -2.32. The molecule has 0 spiro atoms. The molecule has 1 aromatic rings. The molecule has 1 fully saturated rings. The second kappa shape index (κ2) is 9.64. The summed E-state index contributed by atoms with van der Waals surface area (Å²) in [5.41, 5.74) is 0.601. The molecule has 1 N–H and O–H groups in total. The zero-order valence-corrected chi connectivity index (χ0v) is 18.5. The van der Waals surface area contributed by atoms with Crippen molar-refractivity contribution in [2.45, 2.75) is 45.8 Å². The van der Waals surface area contributed by atoms with Crippen LogP contribution in [-0.4, -0.2) is 50.4 Å². The van der Waals surface area contributed by atoms with Gasteiger partial charge in [-0.1, -0.05) is 15.9 Å². The molecule has 1 saturated heterocycles. The molecule has 7 heteroatoms. The molecule has 0 saturated carbocycles. The summed E-state index contributed by atoms with van der Waals surface area (Å²) < 4.78 is 17.3. The van der Waals surface area contributed by atoms with Crippen LogP contribution in [0.2, 0.25) is 0 Å². The van der Waals surface area contributed by atoms with Crippen LogP contribution >= 0.6 is 15.9 Å². The molecule has 0 atom stereocenters. The summed E-state index contributed by atoms with van der Waals surface area (Å²) >= 11 is 3.49. The van der Waals surface area contributed by atoms with E-state index in [1.165, 1.54) is 0 Å². The van der Waals surface area contributed by atoms with Crippen LogP contribution in [0.25, 0.3) is 0 Å². The van der Waals surface area contributed by atoms with Crippen LogP contribution in [0.5, 0.6) is 11.5 Å². The van der Waals surface area contributed by atoms with Crippen LogP contribution in [0, 0.1) is 5.92 Å². The summed E-state index contributed by atoms with van der Waals surface area (Å²) in [6.45, 7) is 9.01. The first-order chi connectivity index (χ1) is 12.7. The summed E-state index contributed by atoms with van der Waals surface area (Å²) in [6, 6.07) is 3.94. The number of halogens is 1. The number of alkyl carbamates (subject to hydrolysis) is 1. The third kappa shape index (κ3) is 6.88. The van der Waals surface area contributed by atoms with E-state index in [0.29, 0.717) is 12.5 Å². The molecular formula is C20H31BrN2O4. The number of carbonyl (C=O) groups excluding carboxylic acids is 1. The summed E-state index contributed by atoms with van der Waals surface area (Å²) in [5.74, 6) is 2.13. The fraction of sp³-hybridized carbons (Fsp3) is 0.650. The molecule has 0 aliphatic carbocycles. The number of benzene rings is 1. The highest BCUT2D eigenvalue weighted by atomic mass is 79.9. The van der Waals surface area contributed by atoms with Crippen molar-refractivity contribution in [3.8, 4) is 11.5 Å². The van der Waals surface area contributed by atoms with Crippen LogP contribution in [0.15, 0.2) is 16.6 Å². The second-order valence-corrected chi connectivity index (χ2v) is 8.81. The number of carbonyl (C=O) groups is 1. The van der Waals surface area contributed by atoms with E-state index in [2.05, 4.69) is 26.1 Å². The summed E-state index contributed by atoms with van der Waals surface area (Å²) in [6.07, 6.45) is 1.74.